The normalized spacial score (nSPS) is 26.8. The third kappa shape index (κ3) is 3.70. The zero-order chi connectivity index (χ0) is 19.7. The summed E-state index contributed by atoms with van der Waals surface area (Å²) in [5.41, 5.74) is 1.31. The number of ketones is 1. The number of aromatic nitrogens is 1. The van der Waals surface area contributed by atoms with Gasteiger partial charge in [-0.05, 0) is 62.9 Å². The van der Waals surface area contributed by atoms with Gasteiger partial charge in [0.15, 0.2) is 5.78 Å². The molecule has 0 aliphatic carbocycles. The maximum atomic E-state index is 12.6. The molecule has 1 amide bonds. The number of Topliss-reactive ketones (excluding diaryl/α,β-unsaturated/α-hetero) is 1. The average molecular weight is 379 g/mol. The first-order valence-corrected chi connectivity index (χ1v) is 9.74. The molecule has 2 aromatic rings. The number of hydrogen-bond donors (Lipinski definition) is 2. The minimum Gasteiger partial charge on any atom is -0.385 e. The van der Waals surface area contributed by atoms with Crippen molar-refractivity contribution >= 4 is 17.4 Å². The fourth-order valence-corrected chi connectivity index (χ4v) is 4.60. The highest BCUT2D eigenvalue weighted by Crippen LogP contribution is 2.45. The number of aliphatic hydroxyl groups is 1. The lowest BCUT2D eigenvalue weighted by Crippen LogP contribution is -2.51. The number of carbonyl (C=O) groups is 2. The zero-order valence-electron chi connectivity index (χ0n) is 16.0. The fourth-order valence-electron chi connectivity index (χ4n) is 4.60. The molecule has 4 rings (SSSR count). The van der Waals surface area contributed by atoms with Gasteiger partial charge in [-0.25, -0.2) is 0 Å². The highest BCUT2D eigenvalue weighted by atomic mass is 16.3. The van der Waals surface area contributed by atoms with Crippen molar-refractivity contribution < 1.29 is 14.7 Å². The number of fused-ring (bicyclic) bond motifs is 2. The van der Waals surface area contributed by atoms with Gasteiger partial charge in [0.1, 0.15) is 0 Å². The number of nitrogens with one attached hydrogen (secondary N) is 1. The Morgan fingerprint density at radius 3 is 2.43 bits per heavy atom. The van der Waals surface area contributed by atoms with Crippen molar-refractivity contribution in [1.82, 2.24) is 9.88 Å². The maximum absolute atomic E-state index is 12.6. The van der Waals surface area contributed by atoms with Crippen LogP contribution in [0.5, 0.6) is 0 Å². The molecular weight excluding hydrogens is 354 g/mol. The number of amides is 1. The fraction of sp³-hybridized carbons (Fsp3) is 0.409. The van der Waals surface area contributed by atoms with E-state index in [0.29, 0.717) is 30.6 Å². The summed E-state index contributed by atoms with van der Waals surface area (Å²) in [7, 11) is 0. The Bertz CT molecular complexity index is 852. The van der Waals surface area contributed by atoms with E-state index in [0.717, 1.165) is 18.4 Å². The van der Waals surface area contributed by atoms with Crippen LogP contribution in [0, 0.1) is 0 Å². The zero-order valence-corrected chi connectivity index (χ0v) is 16.0. The van der Waals surface area contributed by atoms with Gasteiger partial charge in [0.05, 0.1) is 12.1 Å². The number of hydrogen-bond acceptors (Lipinski definition) is 5. The molecule has 6 nitrogen and oxygen atoms in total. The van der Waals surface area contributed by atoms with Crippen LogP contribution in [0.1, 0.15) is 48.5 Å². The van der Waals surface area contributed by atoms with Crippen molar-refractivity contribution in [2.45, 2.75) is 50.3 Å². The van der Waals surface area contributed by atoms with Gasteiger partial charge in [-0.15, -0.1) is 0 Å². The van der Waals surface area contributed by atoms with E-state index in [2.05, 4.69) is 15.2 Å². The number of rotatable bonds is 5. The molecule has 3 heterocycles. The second-order valence-electron chi connectivity index (χ2n) is 7.92. The molecular formula is C22H25N3O3. The minimum atomic E-state index is -0.865. The standard InChI is InChI=1S/C22H25N3O3/c1-15(26)16-4-6-18(7-5-16)24-21(27)14-25-19-8-9-20(25)12-22(28,11-19)17-3-2-10-23-13-17/h2-7,10,13,19-20,28H,8-9,11-12,14H2,1H3,(H,24,27). The minimum absolute atomic E-state index is 0.00358. The summed E-state index contributed by atoms with van der Waals surface area (Å²) in [5.74, 6) is -0.0665. The van der Waals surface area contributed by atoms with Gasteiger partial charge in [-0.2, -0.15) is 0 Å². The molecule has 0 saturated carbocycles. The van der Waals surface area contributed by atoms with Crippen LogP contribution in [-0.2, 0) is 10.4 Å². The van der Waals surface area contributed by atoms with Crippen LogP contribution < -0.4 is 5.32 Å². The summed E-state index contributed by atoms with van der Waals surface area (Å²) in [6.07, 6.45) is 6.68. The van der Waals surface area contributed by atoms with Gasteiger partial charge in [-0.3, -0.25) is 19.5 Å². The third-order valence-corrected chi connectivity index (χ3v) is 6.02. The van der Waals surface area contributed by atoms with Crippen LogP contribution in [0.3, 0.4) is 0 Å². The van der Waals surface area contributed by atoms with Crippen LogP contribution in [-0.4, -0.2) is 45.3 Å². The molecule has 2 N–H and O–H groups in total. The summed E-state index contributed by atoms with van der Waals surface area (Å²) < 4.78 is 0. The van der Waals surface area contributed by atoms with Crippen LogP contribution in [0.15, 0.2) is 48.8 Å². The van der Waals surface area contributed by atoms with Gasteiger partial charge in [0, 0.05) is 41.3 Å². The molecule has 2 bridgehead atoms. The van der Waals surface area contributed by atoms with E-state index >= 15 is 0 Å². The molecule has 1 aromatic carbocycles. The third-order valence-electron chi connectivity index (χ3n) is 6.02. The summed E-state index contributed by atoms with van der Waals surface area (Å²) in [4.78, 5) is 30.3. The molecule has 2 aliphatic heterocycles. The van der Waals surface area contributed by atoms with Crippen molar-refractivity contribution in [2.24, 2.45) is 0 Å². The lowest BCUT2D eigenvalue weighted by atomic mass is 9.81. The van der Waals surface area contributed by atoms with E-state index in [1.54, 1.807) is 36.7 Å². The van der Waals surface area contributed by atoms with E-state index in [-0.39, 0.29) is 23.8 Å². The van der Waals surface area contributed by atoms with Crippen LogP contribution in [0.25, 0.3) is 0 Å². The van der Waals surface area contributed by atoms with Crippen molar-refractivity contribution in [3.05, 3.63) is 59.9 Å². The van der Waals surface area contributed by atoms with E-state index in [4.69, 9.17) is 0 Å². The number of piperidine rings is 1. The molecule has 0 radical (unpaired) electrons. The molecule has 146 valence electrons. The molecule has 2 aliphatic rings. The van der Waals surface area contributed by atoms with Crippen molar-refractivity contribution in [3.63, 3.8) is 0 Å². The largest absolute Gasteiger partial charge is 0.385 e. The molecule has 2 unspecified atom stereocenters. The van der Waals surface area contributed by atoms with Gasteiger partial charge in [-0.1, -0.05) is 6.07 Å². The predicted octanol–water partition coefficient (Wildman–Crippen LogP) is 2.74. The monoisotopic (exact) mass is 379 g/mol. The number of pyridine rings is 1. The second-order valence-corrected chi connectivity index (χ2v) is 7.92. The predicted molar refractivity (Wildman–Crippen MR) is 106 cm³/mol. The average Bonchev–Trinajstić information content (AvgIpc) is 2.93. The number of anilines is 1. The maximum Gasteiger partial charge on any atom is 0.238 e. The quantitative estimate of drug-likeness (QED) is 0.781. The van der Waals surface area contributed by atoms with Gasteiger partial charge in [0.25, 0.3) is 0 Å². The van der Waals surface area contributed by atoms with Crippen LogP contribution in [0.2, 0.25) is 0 Å². The summed E-state index contributed by atoms with van der Waals surface area (Å²) >= 11 is 0. The van der Waals surface area contributed by atoms with E-state index in [1.807, 2.05) is 12.1 Å². The lowest BCUT2D eigenvalue weighted by Gasteiger charge is -2.43. The molecule has 0 spiro atoms. The lowest BCUT2D eigenvalue weighted by molar-refractivity contribution is -0.121. The Hall–Kier alpha value is -2.57. The van der Waals surface area contributed by atoms with Crippen LogP contribution >= 0.6 is 0 Å². The topological polar surface area (TPSA) is 82.5 Å². The Balaban J connectivity index is 1.40. The van der Waals surface area contributed by atoms with Crippen molar-refractivity contribution in [1.29, 1.82) is 0 Å². The SMILES string of the molecule is CC(=O)c1ccc(NC(=O)CN2C3CCC2CC(O)(c2cccnc2)C3)cc1. The molecule has 1 aromatic heterocycles. The molecule has 2 atom stereocenters. The molecule has 2 fully saturated rings. The highest BCUT2D eigenvalue weighted by molar-refractivity contribution is 5.96. The Labute approximate surface area is 164 Å². The molecule has 6 heteroatoms. The van der Waals surface area contributed by atoms with Crippen molar-refractivity contribution in [3.8, 4) is 0 Å². The van der Waals surface area contributed by atoms with Gasteiger partial charge < -0.3 is 10.4 Å². The highest BCUT2D eigenvalue weighted by Gasteiger charge is 2.48. The number of carbonyl (C=O) groups excluding carboxylic acids is 2. The smallest absolute Gasteiger partial charge is 0.238 e. The van der Waals surface area contributed by atoms with Gasteiger partial charge in [0.2, 0.25) is 5.91 Å². The van der Waals surface area contributed by atoms with E-state index < -0.39 is 5.60 Å². The van der Waals surface area contributed by atoms with Gasteiger partial charge >= 0.3 is 0 Å². The summed E-state index contributed by atoms with van der Waals surface area (Å²) in [5, 5.41) is 14.1. The molecule has 2 saturated heterocycles. The van der Waals surface area contributed by atoms with Crippen LogP contribution in [0.4, 0.5) is 5.69 Å². The first-order chi connectivity index (χ1) is 13.4. The van der Waals surface area contributed by atoms with E-state index in [9.17, 15) is 14.7 Å². The van der Waals surface area contributed by atoms with E-state index in [1.165, 1.54) is 6.92 Å². The second kappa shape index (κ2) is 7.45. The summed E-state index contributed by atoms with van der Waals surface area (Å²) in [6.45, 7) is 1.83. The number of benzene rings is 1. The summed E-state index contributed by atoms with van der Waals surface area (Å²) in [6, 6.07) is 11.1. The first kappa shape index (κ1) is 18.8. The Morgan fingerprint density at radius 1 is 1.18 bits per heavy atom. The Morgan fingerprint density at radius 2 is 1.86 bits per heavy atom. The molecule has 28 heavy (non-hydrogen) atoms. The van der Waals surface area contributed by atoms with Crippen molar-refractivity contribution in [2.75, 3.05) is 11.9 Å². The first-order valence-electron chi connectivity index (χ1n) is 9.74. The Kier molecular flexibility index (Phi) is 5.00. The number of nitrogens with zero attached hydrogens (tertiary/aromatic N) is 2.